The molecule has 0 unspecified atom stereocenters. The number of ether oxygens (including phenoxy) is 1. The van der Waals surface area contributed by atoms with Crippen molar-refractivity contribution in [2.75, 3.05) is 13.2 Å². The van der Waals surface area contributed by atoms with E-state index in [4.69, 9.17) is 10.5 Å². The lowest BCUT2D eigenvalue weighted by atomic mass is 9.96. The van der Waals surface area contributed by atoms with Gasteiger partial charge in [0.15, 0.2) is 0 Å². The van der Waals surface area contributed by atoms with Crippen LogP contribution in [0.15, 0.2) is 23.8 Å². The number of benzene rings is 1. The Bertz CT molecular complexity index is 393. The summed E-state index contributed by atoms with van der Waals surface area (Å²) in [5, 5.41) is 0. The summed E-state index contributed by atoms with van der Waals surface area (Å²) in [5.74, 6) is 1.02. The van der Waals surface area contributed by atoms with Gasteiger partial charge in [-0.25, -0.2) is 0 Å². The summed E-state index contributed by atoms with van der Waals surface area (Å²) < 4.78 is 5.69. The highest BCUT2D eigenvalue weighted by atomic mass is 16.5. The molecule has 0 fully saturated rings. The van der Waals surface area contributed by atoms with Crippen LogP contribution in [0.4, 0.5) is 0 Å². The minimum atomic E-state index is 0.583. The minimum absolute atomic E-state index is 0.583. The van der Waals surface area contributed by atoms with Gasteiger partial charge in [-0.05, 0) is 30.6 Å². The standard InChI is InChI=1S/C12H15NO/c1-8-4-3-5-11-9(2)10(6-13)7-14-12(8)11/h3-5H,6-7,13H2,1-2H3. The van der Waals surface area contributed by atoms with E-state index in [0.29, 0.717) is 13.2 Å². The zero-order chi connectivity index (χ0) is 10.1. The van der Waals surface area contributed by atoms with Gasteiger partial charge in [0.25, 0.3) is 0 Å². The van der Waals surface area contributed by atoms with Gasteiger partial charge in [-0.15, -0.1) is 0 Å². The van der Waals surface area contributed by atoms with Gasteiger partial charge in [-0.3, -0.25) is 0 Å². The van der Waals surface area contributed by atoms with Crippen LogP contribution in [0.25, 0.3) is 5.57 Å². The third-order valence-corrected chi connectivity index (χ3v) is 2.78. The molecule has 0 amide bonds. The average Bonchev–Trinajstić information content (AvgIpc) is 2.20. The highest BCUT2D eigenvalue weighted by Crippen LogP contribution is 2.34. The van der Waals surface area contributed by atoms with Crippen molar-refractivity contribution in [3.63, 3.8) is 0 Å². The van der Waals surface area contributed by atoms with Gasteiger partial charge < -0.3 is 10.5 Å². The number of rotatable bonds is 1. The second-order valence-electron chi connectivity index (χ2n) is 3.67. The van der Waals surface area contributed by atoms with E-state index in [1.165, 1.54) is 22.3 Å². The number of hydrogen-bond donors (Lipinski definition) is 1. The first-order chi connectivity index (χ1) is 6.74. The maximum atomic E-state index is 5.69. The summed E-state index contributed by atoms with van der Waals surface area (Å²) in [7, 11) is 0. The first-order valence-electron chi connectivity index (χ1n) is 4.85. The van der Waals surface area contributed by atoms with Crippen LogP contribution in [0.2, 0.25) is 0 Å². The van der Waals surface area contributed by atoms with Crippen molar-refractivity contribution >= 4 is 5.57 Å². The van der Waals surface area contributed by atoms with Crippen LogP contribution in [0, 0.1) is 6.92 Å². The largest absolute Gasteiger partial charge is 0.488 e. The first kappa shape index (κ1) is 9.28. The van der Waals surface area contributed by atoms with E-state index in [0.717, 1.165) is 5.75 Å². The summed E-state index contributed by atoms with van der Waals surface area (Å²) in [4.78, 5) is 0. The maximum absolute atomic E-state index is 5.69. The molecule has 0 spiro atoms. The molecule has 0 saturated heterocycles. The highest BCUT2D eigenvalue weighted by molar-refractivity contribution is 5.74. The van der Waals surface area contributed by atoms with Crippen molar-refractivity contribution in [1.29, 1.82) is 0 Å². The molecule has 0 bridgehead atoms. The third kappa shape index (κ3) is 1.32. The van der Waals surface area contributed by atoms with Gasteiger partial charge in [0.2, 0.25) is 0 Å². The van der Waals surface area contributed by atoms with Gasteiger partial charge in [-0.1, -0.05) is 18.2 Å². The molecule has 0 aliphatic carbocycles. The Morgan fingerprint density at radius 3 is 2.86 bits per heavy atom. The maximum Gasteiger partial charge on any atom is 0.130 e. The lowest BCUT2D eigenvalue weighted by Gasteiger charge is -2.22. The van der Waals surface area contributed by atoms with E-state index >= 15 is 0 Å². The average molecular weight is 189 g/mol. The van der Waals surface area contributed by atoms with Crippen molar-refractivity contribution in [2.45, 2.75) is 13.8 Å². The normalized spacial score (nSPS) is 15.1. The monoisotopic (exact) mass is 189 g/mol. The van der Waals surface area contributed by atoms with Crippen molar-refractivity contribution in [3.8, 4) is 5.75 Å². The molecule has 0 saturated carbocycles. The minimum Gasteiger partial charge on any atom is -0.488 e. The van der Waals surface area contributed by atoms with Crippen LogP contribution in [-0.2, 0) is 0 Å². The van der Waals surface area contributed by atoms with Crippen molar-refractivity contribution in [2.24, 2.45) is 5.73 Å². The SMILES string of the molecule is CC1=C(CN)COc2c(C)cccc21. The molecule has 2 heteroatoms. The Labute approximate surface area is 84.4 Å². The molecule has 1 aromatic carbocycles. The van der Waals surface area contributed by atoms with Crippen molar-refractivity contribution in [3.05, 3.63) is 34.9 Å². The van der Waals surface area contributed by atoms with E-state index in [1.54, 1.807) is 0 Å². The van der Waals surface area contributed by atoms with Crippen LogP contribution in [0.5, 0.6) is 5.75 Å². The molecule has 1 aliphatic heterocycles. The van der Waals surface area contributed by atoms with E-state index in [9.17, 15) is 0 Å². The van der Waals surface area contributed by atoms with Crippen LogP contribution >= 0.6 is 0 Å². The zero-order valence-electron chi connectivity index (χ0n) is 8.63. The van der Waals surface area contributed by atoms with E-state index < -0.39 is 0 Å². The number of allylic oxidation sites excluding steroid dienone is 1. The fourth-order valence-electron chi connectivity index (χ4n) is 1.81. The second-order valence-corrected chi connectivity index (χ2v) is 3.67. The summed E-state index contributed by atoms with van der Waals surface area (Å²) in [6.07, 6.45) is 0. The smallest absolute Gasteiger partial charge is 0.130 e. The number of nitrogens with two attached hydrogens (primary N) is 1. The van der Waals surface area contributed by atoms with E-state index in [2.05, 4.69) is 32.0 Å². The van der Waals surface area contributed by atoms with Crippen molar-refractivity contribution < 1.29 is 4.74 Å². The molecule has 14 heavy (non-hydrogen) atoms. The molecule has 1 heterocycles. The molecule has 1 aromatic rings. The molecule has 0 atom stereocenters. The fraction of sp³-hybridized carbons (Fsp3) is 0.333. The van der Waals surface area contributed by atoms with Crippen LogP contribution in [0.1, 0.15) is 18.1 Å². The number of hydrogen-bond acceptors (Lipinski definition) is 2. The Morgan fingerprint density at radius 2 is 2.14 bits per heavy atom. The summed E-state index contributed by atoms with van der Waals surface area (Å²) in [5.41, 5.74) is 10.5. The quantitative estimate of drug-likeness (QED) is 0.734. The molecule has 0 aromatic heterocycles. The van der Waals surface area contributed by atoms with Gasteiger partial charge in [0, 0.05) is 12.1 Å². The van der Waals surface area contributed by atoms with E-state index in [-0.39, 0.29) is 0 Å². The molecule has 2 rings (SSSR count). The predicted octanol–water partition coefficient (Wildman–Crippen LogP) is 2.12. The lowest BCUT2D eigenvalue weighted by molar-refractivity contribution is 0.341. The van der Waals surface area contributed by atoms with E-state index in [1.807, 2.05) is 0 Å². The number of para-hydroxylation sites is 1. The Morgan fingerprint density at radius 1 is 1.36 bits per heavy atom. The van der Waals surface area contributed by atoms with Gasteiger partial charge >= 0.3 is 0 Å². The summed E-state index contributed by atoms with van der Waals surface area (Å²) in [6, 6.07) is 6.21. The molecular weight excluding hydrogens is 174 g/mol. The van der Waals surface area contributed by atoms with Gasteiger partial charge in [0.05, 0.1) is 0 Å². The zero-order valence-corrected chi connectivity index (χ0v) is 8.63. The second kappa shape index (κ2) is 3.46. The topological polar surface area (TPSA) is 35.2 Å². The molecule has 1 aliphatic rings. The van der Waals surface area contributed by atoms with Gasteiger partial charge in [-0.2, -0.15) is 0 Å². The molecule has 2 nitrogen and oxygen atoms in total. The Kier molecular flexibility index (Phi) is 2.30. The lowest BCUT2D eigenvalue weighted by Crippen LogP contribution is -2.17. The summed E-state index contributed by atoms with van der Waals surface area (Å²) in [6.45, 7) is 5.40. The fourth-order valence-corrected chi connectivity index (χ4v) is 1.81. The Hall–Kier alpha value is -1.28. The Balaban J connectivity index is 2.58. The molecule has 0 radical (unpaired) electrons. The molecule has 74 valence electrons. The molecular formula is C12H15NO. The number of aryl methyl sites for hydroxylation is 1. The first-order valence-corrected chi connectivity index (χ1v) is 4.85. The molecule has 2 N–H and O–H groups in total. The van der Waals surface area contributed by atoms with Crippen LogP contribution in [0.3, 0.4) is 0 Å². The number of fused-ring (bicyclic) bond motifs is 1. The third-order valence-electron chi connectivity index (χ3n) is 2.78. The highest BCUT2D eigenvalue weighted by Gasteiger charge is 2.16. The van der Waals surface area contributed by atoms with Crippen LogP contribution < -0.4 is 10.5 Å². The van der Waals surface area contributed by atoms with Crippen LogP contribution in [-0.4, -0.2) is 13.2 Å². The summed E-state index contributed by atoms with van der Waals surface area (Å²) >= 11 is 0. The predicted molar refractivity (Wildman–Crippen MR) is 58.3 cm³/mol. The van der Waals surface area contributed by atoms with Gasteiger partial charge in [0.1, 0.15) is 12.4 Å². The van der Waals surface area contributed by atoms with Crippen molar-refractivity contribution in [1.82, 2.24) is 0 Å².